The lowest BCUT2D eigenvalue weighted by Gasteiger charge is -2.32. The lowest BCUT2D eigenvalue weighted by molar-refractivity contribution is -0.141. The molecule has 2 atom stereocenters. The van der Waals surface area contributed by atoms with Crippen molar-refractivity contribution >= 4 is 33.4 Å². The maximum absolute atomic E-state index is 13.5. The highest BCUT2D eigenvalue weighted by Crippen LogP contribution is 2.19. The number of halogens is 1. The Morgan fingerprint density at radius 1 is 1.06 bits per heavy atom. The molecule has 0 radical (unpaired) electrons. The number of aryl methyl sites for hydroxylation is 1. The fourth-order valence-electron chi connectivity index (χ4n) is 3.52. The van der Waals surface area contributed by atoms with Crippen LogP contribution in [0.4, 0.5) is 0 Å². The normalized spacial score (nSPS) is 13.4. The summed E-state index contributed by atoms with van der Waals surface area (Å²) in [6.45, 7) is 7.47. The van der Waals surface area contributed by atoms with Crippen LogP contribution in [0.3, 0.4) is 0 Å². The van der Waals surface area contributed by atoms with Gasteiger partial charge in [-0.2, -0.15) is 4.31 Å². The SMILES string of the molecule is CC[C@@H](C)NC(=O)[C@H](CC)N(Cc1cccc(C)c1)C(=O)CN(C)S(=O)(=O)c1ccc(Cl)cc1. The fraction of sp³-hybridized carbons (Fsp3) is 0.440. The first-order valence-corrected chi connectivity index (χ1v) is 13.2. The molecule has 0 bridgehead atoms. The second-order valence-corrected chi connectivity index (χ2v) is 10.9. The Kier molecular flexibility index (Phi) is 10.1. The first-order valence-electron chi connectivity index (χ1n) is 11.4. The lowest BCUT2D eigenvalue weighted by atomic mass is 10.1. The number of carbonyl (C=O) groups is 2. The van der Waals surface area contributed by atoms with Crippen LogP contribution in [-0.2, 0) is 26.2 Å². The Bertz CT molecular complexity index is 1090. The van der Waals surface area contributed by atoms with Crippen molar-refractivity contribution in [2.24, 2.45) is 0 Å². The van der Waals surface area contributed by atoms with Gasteiger partial charge in [-0.3, -0.25) is 9.59 Å². The van der Waals surface area contributed by atoms with Gasteiger partial charge in [0, 0.05) is 24.7 Å². The molecule has 0 unspecified atom stereocenters. The molecule has 1 N–H and O–H groups in total. The Hall–Kier alpha value is -2.42. The third-order valence-corrected chi connectivity index (χ3v) is 7.77. The van der Waals surface area contributed by atoms with Crippen LogP contribution in [0.25, 0.3) is 0 Å². The van der Waals surface area contributed by atoms with Gasteiger partial charge in [-0.05, 0) is 56.5 Å². The first kappa shape index (κ1) is 27.8. The van der Waals surface area contributed by atoms with E-state index in [0.29, 0.717) is 11.4 Å². The van der Waals surface area contributed by atoms with Gasteiger partial charge < -0.3 is 10.2 Å². The maximum Gasteiger partial charge on any atom is 0.243 e. The molecule has 0 aliphatic heterocycles. The molecule has 0 aliphatic rings. The average molecular weight is 508 g/mol. The summed E-state index contributed by atoms with van der Waals surface area (Å²) in [5.74, 6) is -0.700. The van der Waals surface area contributed by atoms with Gasteiger partial charge in [-0.1, -0.05) is 55.3 Å². The van der Waals surface area contributed by atoms with Crippen LogP contribution in [0.1, 0.15) is 44.7 Å². The second-order valence-electron chi connectivity index (χ2n) is 8.47. The number of sulfonamides is 1. The van der Waals surface area contributed by atoms with E-state index in [0.717, 1.165) is 21.9 Å². The van der Waals surface area contributed by atoms with Crippen LogP contribution in [0.15, 0.2) is 53.4 Å². The molecular formula is C25H34ClN3O4S. The van der Waals surface area contributed by atoms with E-state index in [4.69, 9.17) is 11.6 Å². The summed E-state index contributed by atoms with van der Waals surface area (Å²) in [5, 5.41) is 3.37. The van der Waals surface area contributed by atoms with Crippen molar-refractivity contribution in [3.05, 3.63) is 64.7 Å². The van der Waals surface area contributed by atoms with E-state index in [1.165, 1.54) is 36.2 Å². The minimum absolute atomic E-state index is 0.0366. The van der Waals surface area contributed by atoms with Gasteiger partial charge in [0.25, 0.3) is 0 Å². The highest BCUT2D eigenvalue weighted by molar-refractivity contribution is 7.89. The largest absolute Gasteiger partial charge is 0.352 e. The van der Waals surface area contributed by atoms with E-state index < -0.39 is 28.5 Å². The van der Waals surface area contributed by atoms with Gasteiger partial charge in [0.1, 0.15) is 6.04 Å². The molecule has 0 heterocycles. The Balaban J connectivity index is 2.33. The monoisotopic (exact) mass is 507 g/mol. The van der Waals surface area contributed by atoms with Crippen molar-refractivity contribution in [3.8, 4) is 0 Å². The highest BCUT2D eigenvalue weighted by Gasteiger charge is 2.32. The van der Waals surface area contributed by atoms with Crippen LogP contribution in [0, 0.1) is 6.92 Å². The number of rotatable bonds is 11. The average Bonchev–Trinajstić information content (AvgIpc) is 2.79. The molecule has 186 valence electrons. The summed E-state index contributed by atoms with van der Waals surface area (Å²) in [5.41, 5.74) is 1.90. The zero-order valence-electron chi connectivity index (χ0n) is 20.4. The summed E-state index contributed by atoms with van der Waals surface area (Å²) >= 11 is 5.88. The number of benzene rings is 2. The van der Waals surface area contributed by atoms with Gasteiger partial charge in [0.2, 0.25) is 21.8 Å². The minimum atomic E-state index is -3.91. The molecule has 7 nitrogen and oxygen atoms in total. The Morgan fingerprint density at radius 2 is 1.71 bits per heavy atom. The fourth-order valence-corrected chi connectivity index (χ4v) is 4.77. The Morgan fingerprint density at radius 3 is 2.26 bits per heavy atom. The summed E-state index contributed by atoms with van der Waals surface area (Å²) in [4.78, 5) is 28.0. The molecular weight excluding hydrogens is 474 g/mol. The van der Waals surface area contributed by atoms with E-state index in [9.17, 15) is 18.0 Å². The van der Waals surface area contributed by atoms with Crippen molar-refractivity contribution in [1.29, 1.82) is 0 Å². The van der Waals surface area contributed by atoms with E-state index >= 15 is 0 Å². The highest BCUT2D eigenvalue weighted by atomic mass is 35.5. The zero-order valence-corrected chi connectivity index (χ0v) is 22.0. The summed E-state index contributed by atoms with van der Waals surface area (Å²) < 4.78 is 27.0. The van der Waals surface area contributed by atoms with Crippen molar-refractivity contribution in [2.45, 2.75) is 64.1 Å². The number of nitrogens with one attached hydrogen (secondary N) is 1. The number of carbonyl (C=O) groups excluding carboxylic acids is 2. The molecule has 2 amide bonds. The summed E-state index contributed by atoms with van der Waals surface area (Å²) in [7, 11) is -2.56. The smallest absolute Gasteiger partial charge is 0.243 e. The Labute approximate surface area is 208 Å². The summed E-state index contributed by atoms with van der Waals surface area (Å²) in [6.07, 6.45) is 1.16. The molecule has 0 saturated heterocycles. The van der Waals surface area contributed by atoms with Crippen LogP contribution in [-0.4, -0.2) is 55.1 Å². The van der Waals surface area contributed by atoms with Crippen LogP contribution >= 0.6 is 11.6 Å². The molecule has 2 rings (SSSR count). The molecule has 0 aliphatic carbocycles. The number of hydrogen-bond acceptors (Lipinski definition) is 4. The molecule has 9 heteroatoms. The number of nitrogens with zero attached hydrogens (tertiary/aromatic N) is 2. The van der Waals surface area contributed by atoms with Gasteiger partial charge in [0.05, 0.1) is 11.4 Å². The van der Waals surface area contributed by atoms with Gasteiger partial charge >= 0.3 is 0 Å². The number of amides is 2. The van der Waals surface area contributed by atoms with Crippen molar-refractivity contribution in [3.63, 3.8) is 0 Å². The van der Waals surface area contributed by atoms with Gasteiger partial charge in [-0.15, -0.1) is 0 Å². The van der Waals surface area contributed by atoms with Crippen molar-refractivity contribution in [2.75, 3.05) is 13.6 Å². The first-order chi connectivity index (χ1) is 16.0. The molecule has 0 fully saturated rings. The van der Waals surface area contributed by atoms with Crippen molar-refractivity contribution < 1.29 is 18.0 Å². The van der Waals surface area contributed by atoms with Crippen LogP contribution < -0.4 is 5.32 Å². The number of likely N-dealkylation sites (N-methyl/N-ethyl adjacent to an activating group) is 1. The maximum atomic E-state index is 13.5. The molecule has 0 saturated carbocycles. The lowest BCUT2D eigenvalue weighted by Crippen LogP contribution is -2.53. The van der Waals surface area contributed by atoms with Gasteiger partial charge in [0.15, 0.2) is 0 Å². The second kappa shape index (κ2) is 12.3. The van der Waals surface area contributed by atoms with Gasteiger partial charge in [-0.25, -0.2) is 8.42 Å². The van der Waals surface area contributed by atoms with Crippen LogP contribution in [0.5, 0.6) is 0 Å². The predicted molar refractivity (Wildman–Crippen MR) is 135 cm³/mol. The molecule has 2 aromatic rings. The van der Waals surface area contributed by atoms with Crippen LogP contribution in [0.2, 0.25) is 5.02 Å². The minimum Gasteiger partial charge on any atom is -0.352 e. The molecule has 34 heavy (non-hydrogen) atoms. The van der Waals surface area contributed by atoms with Crippen molar-refractivity contribution in [1.82, 2.24) is 14.5 Å². The number of hydrogen-bond donors (Lipinski definition) is 1. The molecule has 2 aromatic carbocycles. The molecule has 0 spiro atoms. The molecule has 0 aromatic heterocycles. The standard InChI is InChI=1S/C25H34ClN3O4S/c1-6-19(4)27-25(31)23(7-2)29(16-20-10-8-9-18(3)15-20)24(30)17-28(5)34(32,33)22-13-11-21(26)12-14-22/h8-15,19,23H,6-7,16-17H2,1-5H3,(H,27,31)/t19-,23+/m1/s1. The quantitative estimate of drug-likeness (QED) is 0.498. The third-order valence-electron chi connectivity index (χ3n) is 5.70. The van der Waals surface area contributed by atoms with E-state index in [2.05, 4.69) is 5.32 Å². The topological polar surface area (TPSA) is 86.8 Å². The predicted octanol–water partition coefficient (Wildman–Crippen LogP) is 3.99. The third kappa shape index (κ3) is 7.29. The summed E-state index contributed by atoms with van der Waals surface area (Å²) in [6, 6.07) is 12.7. The zero-order chi connectivity index (χ0) is 25.5. The van der Waals surface area contributed by atoms with E-state index in [1.807, 2.05) is 52.0 Å². The van der Waals surface area contributed by atoms with E-state index in [-0.39, 0.29) is 23.4 Å². The van der Waals surface area contributed by atoms with E-state index in [1.54, 1.807) is 0 Å².